The molecule has 3 aromatic rings. The fourth-order valence-electron chi connectivity index (χ4n) is 3.44. The van der Waals surface area contributed by atoms with Crippen LogP contribution in [0.3, 0.4) is 0 Å². The van der Waals surface area contributed by atoms with Crippen molar-refractivity contribution in [2.24, 2.45) is 0 Å². The van der Waals surface area contributed by atoms with Gasteiger partial charge in [0.2, 0.25) is 5.91 Å². The molecular formula is C22H24N2O4S. The van der Waals surface area contributed by atoms with Gasteiger partial charge >= 0.3 is 0 Å². The Labute approximate surface area is 174 Å². The first-order valence-corrected chi connectivity index (χ1v) is 10.8. The van der Waals surface area contributed by atoms with E-state index in [1.165, 1.54) is 17.3 Å². The summed E-state index contributed by atoms with van der Waals surface area (Å²) in [6, 6.07) is 11.7. The molecule has 152 valence electrons. The van der Waals surface area contributed by atoms with Gasteiger partial charge in [-0.3, -0.25) is 4.79 Å². The number of nitrogens with zero attached hydrogens (tertiary/aromatic N) is 2. The zero-order chi connectivity index (χ0) is 20.2. The average Bonchev–Trinajstić information content (AvgIpc) is 3.15. The lowest BCUT2D eigenvalue weighted by atomic mass is 9.99. The number of benzene rings is 2. The number of aromatic nitrogens is 1. The van der Waals surface area contributed by atoms with Gasteiger partial charge in [-0.1, -0.05) is 23.9 Å². The van der Waals surface area contributed by atoms with Gasteiger partial charge in [-0.15, -0.1) is 0 Å². The SMILES string of the molecule is CCOc1cc2c(cc1OCC)CN(C(=O)CSc1nc3ccccc3o1)CC2. The van der Waals surface area contributed by atoms with E-state index in [2.05, 4.69) is 11.1 Å². The fourth-order valence-corrected chi connectivity index (χ4v) is 4.18. The number of carbonyl (C=O) groups is 1. The van der Waals surface area contributed by atoms with Gasteiger partial charge in [0.25, 0.3) is 5.22 Å². The van der Waals surface area contributed by atoms with Crippen LogP contribution in [-0.4, -0.2) is 41.3 Å². The number of rotatable bonds is 7. The van der Waals surface area contributed by atoms with Crippen LogP contribution < -0.4 is 9.47 Å². The van der Waals surface area contributed by atoms with Crippen LogP contribution in [0.4, 0.5) is 0 Å². The summed E-state index contributed by atoms with van der Waals surface area (Å²) in [6.45, 7) is 6.35. The van der Waals surface area contributed by atoms with Crippen LogP contribution in [0.2, 0.25) is 0 Å². The molecular weight excluding hydrogens is 388 g/mol. The van der Waals surface area contributed by atoms with Crippen molar-refractivity contribution in [1.82, 2.24) is 9.88 Å². The fraction of sp³-hybridized carbons (Fsp3) is 0.364. The Hall–Kier alpha value is -2.67. The molecule has 0 saturated heterocycles. The summed E-state index contributed by atoms with van der Waals surface area (Å²) >= 11 is 1.34. The Bertz CT molecular complexity index is 984. The average molecular weight is 413 g/mol. The number of thioether (sulfide) groups is 1. The molecule has 0 fully saturated rings. The van der Waals surface area contributed by atoms with Crippen LogP contribution in [0.1, 0.15) is 25.0 Å². The topological polar surface area (TPSA) is 64.8 Å². The molecule has 0 spiro atoms. The minimum Gasteiger partial charge on any atom is -0.490 e. The first-order chi connectivity index (χ1) is 14.2. The number of hydrogen-bond acceptors (Lipinski definition) is 6. The third-order valence-corrected chi connectivity index (χ3v) is 5.64. The summed E-state index contributed by atoms with van der Waals surface area (Å²) in [6.07, 6.45) is 0.807. The lowest BCUT2D eigenvalue weighted by Crippen LogP contribution is -2.37. The van der Waals surface area contributed by atoms with Gasteiger partial charge in [0.15, 0.2) is 17.1 Å². The van der Waals surface area contributed by atoms with Crippen molar-refractivity contribution >= 4 is 28.8 Å². The normalized spacial score (nSPS) is 13.4. The van der Waals surface area contributed by atoms with Crippen molar-refractivity contribution in [1.29, 1.82) is 0 Å². The van der Waals surface area contributed by atoms with E-state index in [-0.39, 0.29) is 5.91 Å². The third-order valence-electron chi connectivity index (χ3n) is 4.82. The third kappa shape index (κ3) is 4.34. The molecule has 4 rings (SSSR count). The Kier molecular flexibility index (Phi) is 5.94. The molecule has 0 radical (unpaired) electrons. The van der Waals surface area contributed by atoms with Gasteiger partial charge < -0.3 is 18.8 Å². The summed E-state index contributed by atoms with van der Waals surface area (Å²) < 4.78 is 17.1. The van der Waals surface area contributed by atoms with E-state index in [9.17, 15) is 4.79 Å². The van der Waals surface area contributed by atoms with E-state index in [1.807, 2.05) is 49.1 Å². The Morgan fingerprint density at radius 1 is 1.14 bits per heavy atom. The zero-order valence-electron chi connectivity index (χ0n) is 16.6. The van der Waals surface area contributed by atoms with E-state index in [4.69, 9.17) is 13.9 Å². The summed E-state index contributed by atoms with van der Waals surface area (Å²) in [4.78, 5) is 19.1. The van der Waals surface area contributed by atoms with Crippen LogP contribution in [0, 0.1) is 0 Å². The van der Waals surface area contributed by atoms with Crippen molar-refractivity contribution < 1.29 is 18.7 Å². The van der Waals surface area contributed by atoms with Gasteiger partial charge in [0.05, 0.1) is 19.0 Å². The second-order valence-corrected chi connectivity index (χ2v) is 7.66. The predicted octanol–water partition coefficient (Wildman–Crippen LogP) is 4.30. The van der Waals surface area contributed by atoms with E-state index in [1.54, 1.807) is 0 Å². The van der Waals surface area contributed by atoms with Crippen molar-refractivity contribution in [2.75, 3.05) is 25.5 Å². The second kappa shape index (κ2) is 8.78. The monoisotopic (exact) mass is 412 g/mol. The highest BCUT2D eigenvalue weighted by atomic mass is 32.2. The van der Waals surface area contributed by atoms with Crippen molar-refractivity contribution in [3.63, 3.8) is 0 Å². The highest BCUT2D eigenvalue weighted by molar-refractivity contribution is 7.99. The molecule has 0 saturated carbocycles. The number of hydrogen-bond donors (Lipinski definition) is 0. The first kappa shape index (κ1) is 19.6. The molecule has 7 heteroatoms. The number of amides is 1. The largest absolute Gasteiger partial charge is 0.490 e. The lowest BCUT2D eigenvalue weighted by molar-refractivity contribution is -0.129. The lowest BCUT2D eigenvalue weighted by Gasteiger charge is -2.29. The van der Waals surface area contributed by atoms with Gasteiger partial charge in [0, 0.05) is 13.1 Å². The molecule has 0 aliphatic carbocycles. The van der Waals surface area contributed by atoms with E-state index >= 15 is 0 Å². The minimum absolute atomic E-state index is 0.0785. The van der Waals surface area contributed by atoms with E-state index in [0.717, 1.165) is 34.6 Å². The highest BCUT2D eigenvalue weighted by Gasteiger charge is 2.23. The van der Waals surface area contributed by atoms with Gasteiger partial charge in [0.1, 0.15) is 5.52 Å². The maximum absolute atomic E-state index is 12.8. The highest BCUT2D eigenvalue weighted by Crippen LogP contribution is 2.34. The molecule has 1 aromatic heterocycles. The van der Waals surface area contributed by atoms with Gasteiger partial charge in [-0.25, -0.2) is 4.98 Å². The van der Waals surface area contributed by atoms with Crippen molar-refractivity contribution in [3.05, 3.63) is 47.5 Å². The van der Waals surface area contributed by atoms with Gasteiger partial charge in [-0.2, -0.15) is 0 Å². The van der Waals surface area contributed by atoms with Crippen LogP contribution in [0.5, 0.6) is 11.5 Å². The van der Waals surface area contributed by atoms with Crippen LogP contribution in [-0.2, 0) is 17.8 Å². The molecule has 0 N–H and O–H groups in total. The van der Waals surface area contributed by atoms with Crippen molar-refractivity contribution in [2.45, 2.75) is 32.0 Å². The number of carbonyl (C=O) groups excluding carboxylic acids is 1. The summed E-state index contributed by atoms with van der Waals surface area (Å²) in [5, 5.41) is 0.525. The molecule has 2 aromatic carbocycles. The zero-order valence-corrected chi connectivity index (χ0v) is 17.5. The molecule has 2 heterocycles. The molecule has 1 amide bonds. The minimum atomic E-state index is 0.0785. The Morgan fingerprint density at radius 3 is 2.59 bits per heavy atom. The Morgan fingerprint density at radius 2 is 1.86 bits per heavy atom. The quantitative estimate of drug-likeness (QED) is 0.539. The Balaban J connectivity index is 1.43. The number of fused-ring (bicyclic) bond motifs is 2. The molecule has 0 atom stereocenters. The van der Waals surface area contributed by atoms with Crippen LogP contribution in [0.25, 0.3) is 11.1 Å². The van der Waals surface area contributed by atoms with Crippen LogP contribution in [0.15, 0.2) is 46.0 Å². The maximum atomic E-state index is 12.8. The molecule has 0 unspecified atom stereocenters. The summed E-state index contributed by atoms with van der Waals surface area (Å²) in [5.41, 5.74) is 3.88. The molecule has 1 aliphatic heterocycles. The maximum Gasteiger partial charge on any atom is 0.257 e. The molecule has 1 aliphatic rings. The smallest absolute Gasteiger partial charge is 0.257 e. The standard InChI is InChI=1S/C22H24N2O4S/c1-3-26-19-11-15-9-10-24(13-16(15)12-20(19)27-4-2)21(25)14-29-22-23-17-7-5-6-8-18(17)28-22/h5-8,11-12H,3-4,9-10,13-14H2,1-2H3. The van der Waals surface area contributed by atoms with E-state index in [0.29, 0.717) is 37.3 Å². The van der Waals surface area contributed by atoms with Crippen molar-refractivity contribution in [3.8, 4) is 11.5 Å². The number of oxazole rings is 1. The van der Waals surface area contributed by atoms with E-state index < -0.39 is 0 Å². The second-order valence-electron chi connectivity index (χ2n) is 6.74. The molecule has 0 bridgehead atoms. The summed E-state index contributed by atoms with van der Waals surface area (Å²) in [7, 11) is 0. The van der Waals surface area contributed by atoms with Gasteiger partial charge in [-0.05, 0) is 55.7 Å². The first-order valence-electron chi connectivity index (χ1n) is 9.85. The summed E-state index contributed by atoms with van der Waals surface area (Å²) in [5.74, 6) is 1.90. The van der Waals surface area contributed by atoms with Crippen LogP contribution >= 0.6 is 11.8 Å². The number of ether oxygens (including phenoxy) is 2. The molecule has 29 heavy (non-hydrogen) atoms. The predicted molar refractivity (Wildman–Crippen MR) is 113 cm³/mol. The number of para-hydroxylation sites is 2. The molecule has 6 nitrogen and oxygen atoms in total.